The van der Waals surface area contributed by atoms with Crippen LogP contribution in [0.4, 0.5) is 0 Å². The molecule has 14 heavy (non-hydrogen) atoms. The fourth-order valence-electron chi connectivity index (χ4n) is 1.40. The Morgan fingerprint density at radius 1 is 1.14 bits per heavy atom. The van der Waals surface area contributed by atoms with Gasteiger partial charge in [-0.1, -0.05) is 42.6 Å². The number of aliphatic hydroxyl groups excluding tert-OH is 1. The van der Waals surface area contributed by atoms with Crippen LogP contribution < -0.4 is 0 Å². The second kappa shape index (κ2) is 9.94. The molecule has 0 bridgehead atoms. The summed E-state index contributed by atoms with van der Waals surface area (Å²) < 4.78 is 0. The zero-order valence-corrected chi connectivity index (χ0v) is 11.1. The van der Waals surface area contributed by atoms with Crippen LogP contribution >= 0.6 is 15.9 Å². The van der Waals surface area contributed by atoms with E-state index in [0.29, 0.717) is 5.33 Å². The van der Waals surface area contributed by atoms with Crippen molar-refractivity contribution in [2.75, 3.05) is 25.0 Å². The Morgan fingerprint density at radius 3 is 2.00 bits per heavy atom. The highest BCUT2D eigenvalue weighted by Crippen LogP contribution is 2.02. The highest BCUT2D eigenvalue weighted by atomic mass is 79.9. The van der Waals surface area contributed by atoms with E-state index in [1.165, 1.54) is 25.7 Å². The monoisotopic (exact) mass is 265 g/mol. The molecule has 0 saturated carbocycles. The van der Waals surface area contributed by atoms with Crippen LogP contribution in [-0.2, 0) is 0 Å². The van der Waals surface area contributed by atoms with Crippen LogP contribution in [-0.4, -0.2) is 41.1 Å². The number of hydrogen-bond donors (Lipinski definition) is 1. The molecular formula is C11H24BrNO. The van der Waals surface area contributed by atoms with Gasteiger partial charge in [0.05, 0.1) is 6.10 Å². The first kappa shape index (κ1) is 14.4. The van der Waals surface area contributed by atoms with E-state index in [2.05, 4.69) is 34.7 Å². The normalized spacial score (nSPS) is 13.5. The predicted molar refractivity (Wildman–Crippen MR) is 66.1 cm³/mol. The lowest BCUT2D eigenvalue weighted by atomic mass is 10.2. The molecule has 1 unspecified atom stereocenters. The Bertz CT molecular complexity index is 114. The molecule has 0 radical (unpaired) electrons. The Balaban J connectivity index is 3.71. The summed E-state index contributed by atoms with van der Waals surface area (Å²) in [5.74, 6) is 0. The number of hydrogen-bond acceptors (Lipinski definition) is 2. The van der Waals surface area contributed by atoms with Gasteiger partial charge in [-0.25, -0.2) is 0 Å². The van der Waals surface area contributed by atoms with E-state index in [4.69, 9.17) is 0 Å². The second-order valence-corrected chi connectivity index (χ2v) is 4.46. The molecule has 0 aliphatic carbocycles. The van der Waals surface area contributed by atoms with Crippen molar-refractivity contribution in [3.8, 4) is 0 Å². The molecule has 3 heteroatoms. The van der Waals surface area contributed by atoms with Crippen molar-refractivity contribution in [1.29, 1.82) is 0 Å². The molecule has 0 rings (SSSR count). The number of aliphatic hydroxyl groups is 1. The zero-order chi connectivity index (χ0) is 10.8. The highest BCUT2D eigenvalue weighted by molar-refractivity contribution is 9.09. The quantitative estimate of drug-likeness (QED) is 0.648. The molecule has 1 atom stereocenters. The first-order valence-corrected chi connectivity index (χ1v) is 6.83. The third-order valence-corrected chi connectivity index (χ3v) is 3.05. The molecule has 0 aromatic carbocycles. The summed E-state index contributed by atoms with van der Waals surface area (Å²) in [5, 5.41) is 10.2. The maximum absolute atomic E-state index is 9.54. The molecule has 0 saturated heterocycles. The molecule has 0 aromatic heterocycles. The van der Waals surface area contributed by atoms with Gasteiger partial charge in [-0.2, -0.15) is 0 Å². The third-order valence-electron chi connectivity index (χ3n) is 2.30. The van der Waals surface area contributed by atoms with E-state index in [0.717, 1.165) is 19.6 Å². The summed E-state index contributed by atoms with van der Waals surface area (Å²) in [4.78, 5) is 2.37. The molecular weight excluding hydrogens is 242 g/mol. The van der Waals surface area contributed by atoms with Crippen molar-refractivity contribution in [3.63, 3.8) is 0 Å². The molecule has 0 aliphatic rings. The molecule has 2 nitrogen and oxygen atoms in total. The maximum Gasteiger partial charge on any atom is 0.0763 e. The van der Waals surface area contributed by atoms with Gasteiger partial charge in [0.1, 0.15) is 0 Å². The SMILES string of the molecule is CCCCN(CCCC)CC(O)CBr. The molecule has 0 fully saturated rings. The average molecular weight is 266 g/mol. The van der Waals surface area contributed by atoms with Crippen LogP contribution in [0, 0.1) is 0 Å². The van der Waals surface area contributed by atoms with Crippen molar-refractivity contribution in [2.24, 2.45) is 0 Å². The largest absolute Gasteiger partial charge is 0.391 e. The van der Waals surface area contributed by atoms with Crippen LogP contribution in [0.15, 0.2) is 0 Å². The van der Waals surface area contributed by atoms with Gasteiger partial charge < -0.3 is 10.0 Å². The van der Waals surface area contributed by atoms with Gasteiger partial charge in [-0.15, -0.1) is 0 Å². The molecule has 0 amide bonds. The molecule has 86 valence electrons. The summed E-state index contributed by atoms with van der Waals surface area (Å²) in [6.45, 7) is 7.48. The number of rotatable bonds is 9. The Hall–Kier alpha value is 0.400. The molecule has 0 aromatic rings. The van der Waals surface area contributed by atoms with Crippen LogP contribution in [0.2, 0.25) is 0 Å². The summed E-state index contributed by atoms with van der Waals surface area (Å²) >= 11 is 3.30. The highest BCUT2D eigenvalue weighted by Gasteiger charge is 2.09. The van der Waals surface area contributed by atoms with E-state index in [9.17, 15) is 5.11 Å². The van der Waals surface area contributed by atoms with Crippen molar-refractivity contribution in [3.05, 3.63) is 0 Å². The average Bonchev–Trinajstić information content (AvgIpc) is 2.21. The van der Waals surface area contributed by atoms with Gasteiger partial charge in [-0.3, -0.25) is 0 Å². The van der Waals surface area contributed by atoms with E-state index in [1.807, 2.05) is 0 Å². The van der Waals surface area contributed by atoms with Crippen molar-refractivity contribution < 1.29 is 5.11 Å². The predicted octanol–water partition coefficient (Wildman–Crippen LogP) is 2.64. The minimum absolute atomic E-state index is 0.219. The Labute approximate surface area is 96.8 Å². The first-order valence-electron chi connectivity index (χ1n) is 5.70. The lowest BCUT2D eigenvalue weighted by molar-refractivity contribution is 0.128. The van der Waals surface area contributed by atoms with Crippen LogP contribution in [0.1, 0.15) is 39.5 Å². The molecule has 0 aliphatic heterocycles. The van der Waals surface area contributed by atoms with E-state index < -0.39 is 0 Å². The summed E-state index contributed by atoms with van der Waals surface area (Å²) in [5.41, 5.74) is 0. The van der Waals surface area contributed by atoms with Crippen LogP contribution in [0.3, 0.4) is 0 Å². The van der Waals surface area contributed by atoms with Gasteiger partial charge in [0.15, 0.2) is 0 Å². The number of unbranched alkanes of at least 4 members (excludes halogenated alkanes) is 2. The zero-order valence-electron chi connectivity index (χ0n) is 9.51. The Kier molecular flexibility index (Phi) is 10.2. The lowest BCUT2D eigenvalue weighted by Gasteiger charge is -2.23. The first-order chi connectivity index (χ1) is 6.74. The fourth-order valence-corrected chi connectivity index (χ4v) is 1.61. The van der Waals surface area contributed by atoms with E-state index in [1.54, 1.807) is 0 Å². The van der Waals surface area contributed by atoms with Gasteiger partial charge in [0.2, 0.25) is 0 Å². The van der Waals surface area contributed by atoms with Crippen LogP contribution in [0.25, 0.3) is 0 Å². The summed E-state index contributed by atoms with van der Waals surface area (Å²) in [6.07, 6.45) is 4.71. The number of nitrogens with zero attached hydrogens (tertiary/aromatic N) is 1. The number of halogens is 1. The molecule has 1 N–H and O–H groups in total. The second-order valence-electron chi connectivity index (χ2n) is 3.82. The van der Waals surface area contributed by atoms with Crippen molar-refractivity contribution in [2.45, 2.75) is 45.6 Å². The van der Waals surface area contributed by atoms with Crippen molar-refractivity contribution >= 4 is 15.9 Å². The molecule has 0 heterocycles. The van der Waals surface area contributed by atoms with Gasteiger partial charge in [0.25, 0.3) is 0 Å². The minimum Gasteiger partial charge on any atom is -0.391 e. The lowest BCUT2D eigenvalue weighted by Crippen LogP contribution is -2.34. The standard InChI is InChI=1S/C11H24BrNO/c1-3-5-7-13(8-6-4-2)10-11(14)9-12/h11,14H,3-10H2,1-2H3. The maximum atomic E-state index is 9.54. The van der Waals surface area contributed by atoms with Gasteiger partial charge >= 0.3 is 0 Å². The molecule has 0 spiro atoms. The van der Waals surface area contributed by atoms with Gasteiger partial charge in [-0.05, 0) is 25.9 Å². The smallest absolute Gasteiger partial charge is 0.0763 e. The van der Waals surface area contributed by atoms with Crippen molar-refractivity contribution in [1.82, 2.24) is 4.90 Å². The van der Waals surface area contributed by atoms with E-state index in [-0.39, 0.29) is 6.10 Å². The topological polar surface area (TPSA) is 23.5 Å². The Morgan fingerprint density at radius 2 is 1.64 bits per heavy atom. The fraction of sp³-hybridized carbons (Fsp3) is 1.00. The van der Waals surface area contributed by atoms with Crippen LogP contribution in [0.5, 0.6) is 0 Å². The summed E-state index contributed by atoms with van der Waals surface area (Å²) in [6, 6.07) is 0. The van der Waals surface area contributed by atoms with E-state index >= 15 is 0 Å². The minimum atomic E-state index is -0.219. The summed E-state index contributed by atoms with van der Waals surface area (Å²) in [7, 11) is 0. The number of alkyl halides is 1. The van der Waals surface area contributed by atoms with Gasteiger partial charge in [0, 0.05) is 11.9 Å². The third kappa shape index (κ3) is 7.77.